The van der Waals surface area contributed by atoms with Crippen molar-refractivity contribution in [3.05, 3.63) is 106 Å². The standard InChI is InChI=1S/C26H20BrFN6O2/c1-15-22(25(35)31-21-12-9-17(27)13-29-21)24(32-26(36)30-15)20-14-34(19-5-3-2-4-6-19)33-23(20)16-7-10-18(28)11-8-16/h2-14,24H,1H3,(H,29,31,35)(H2,30,32,36). The number of benzene rings is 2. The molecule has 0 saturated heterocycles. The van der Waals surface area contributed by atoms with Gasteiger partial charge >= 0.3 is 6.03 Å². The molecule has 0 saturated carbocycles. The minimum Gasteiger partial charge on any atom is -0.327 e. The molecule has 1 aliphatic rings. The van der Waals surface area contributed by atoms with Crippen LogP contribution in [-0.2, 0) is 4.79 Å². The minimum atomic E-state index is -0.827. The van der Waals surface area contributed by atoms with Crippen LogP contribution in [0.25, 0.3) is 16.9 Å². The number of carbonyl (C=O) groups is 2. The topological polar surface area (TPSA) is 101 Å². The lowest BCUT2D eigenvalue weighted by atomic mass is 9.93. The second-order valence-electron chi connectivity index (χ2n) is 8.11. The summed E-state index contributed by atoms with van der Waals surface area (Å²) in [5.41, 5.74) is 3.21. The second-order valence-corrected chi connectivity index (χ2v) is 9.02. The summed E-state index contributed by atoms with van der Waals surface area (Å²) < 4.78 is 16.1. The predicted octanol–water partition coefficient (Wildman–Crippen LogP) is 5.10. The van der Waals surface area contributed by atoms with Gasteiger partial charge in [0.15, 0.2) is 0 Å². The van der Waals surface area contributed by atoms with Crippen molar-refractivity contribution in [1.82, 2.24) is 25.4 Å². The Labute approximate surface area is 214 Å². The first-order valence-electron chi connectivity index (χ1n) is 11.0. The molecule has 0 aliphatic carbocycles. The van der Waals surface area contributed by atoms with Crippen molar-refractivity contribution in [3.63, 3.8) is 0 Å². The number of anilines is 1. The molecule has 0 fully saturated rings. The quantitative estimate of drug-likeness (QED) is 0.324. The van der Waals surface area contributed by atoms with E-state index in [1.54, 1.807) is 48.3 Å². The zero-order valence-corrected chi connectivity index (χ0v) is 20.6. The van der Waals surface area contributed by atoms with E-state index in [2.05, 4.69) is 36.9 Å². The summed E-state index contributed by atoms with van der Waals surface area (Å²) in [6.45, 7) is 1.66. The number of hydrogen-bond donors (Lipinski definition) is 3. The van der Waals surface area contributed by atoms with Crippen LogP contribution in [0.4, 0.5) is 15.0 Å². The normalized spacial score (nSPS) is 15.3. The Kier molecular flexibility index (Phi) is 6.34. The number of amides is 3. The summed E-state index contributed by atoms with van der Waals surface area (Å²) >= 11 is 3.33. The Morgan fingerprint density at radius 3 is 2.53 bits per heavy atom. The van der Waals surface area contributed by atoms with Crippen molar-refractivity contribution in [3.8, 4) is 16.9 Å². The number of halogens is 2. The van der Waals surface area contributed by atoms with E-state index in [0.717, 1.165) is 10.2 Å². The Balaban J connectivity index is 1.61. The van der Waals surface area contributed by atoms with E-state index in [-0.39, 0.29) is 5.82 Å². The van der Waals surface area contributed by atoms with Crippen LogP contribution in [0.15, 0.2) is 94.9 Å². The molecule has 1 unspecified atom stereocenters. The van der Waals surface area contributed by atoms with Crippen molar-refractivity contribution in [1.29, 1.82) is 0 Å². The maximum atomic E-state index is 13.7. The van der Waals surface area contributed by atoms with Gasteiger partial charge in [0.25, 0.3) is 5.91 Å². The van der Waals surface area contributed by atoms with Crippen LogP contribution >= 0.6 is 15.9 Å². The van der Waals surface area contributed by atoms with Crippen LogP contribution in [0, 0.1) is 5.82 Å². The van der Waals surface area contributed by atoms with Crippen molar-refractivity contribution in [2.45, 2.75) is 13.0 Å². The highest BCUT2D eigenvalue weighted by atomic mass is 79.9. The van der Waals surface area contributed by atoms with Crippen molar-refractivity contribution in [2.75, 3.05) is 5.32 Å². The van der Waals surface area contributed by atoms with Crippen molar-refractivity contribution >= 4 is 33.7 Å². The second kappa shape index (κ2) is 9.74. The van der Waals surface area contributed by atoms with Gasteiger partial charge in [-0.1, -0.05) is 18.2 Å². The molecule has 180 valence electrons. The van der Waals surface area contributed by atoms with Crippen LogP contribution in [-0.4, -0.2) is 26.7 Å². The van der Waals surface area contributed by atoms with Gasteiger partial charge in [0.2, 0.25) is 0 Å². The van der Waals surface area contributed by atoms with Crippen LogP contribution in [0.1, 0.15) is 18.5 Å². The molecule has 3 heterocycles. The molecule has 3 N–H and O–H groups in total. The van der Waals surface area contributed by atoms with Gasteiger partial charge < -0.3 is 16.0 Å². The highest BCUT2D eigenvalue weighted by Gasteiger charge is 2.34. The van der Waals surface area contributed by atoms with E-state index in [0.29, 0.717) is 33.9 Å². The number of para-hydroxylation sites is 1. The SMILES string of the molecule is CC1=C(C(=O)Nc2ccc(Br)cn2)C(c2cn(-c3ccccc3)nc2-c2ccc(F)cc2)NC(=O)N1. The lowest BCUT2D eigenvalue weighted by Crippen LogP contribution is -2.46. The summed E-state index contributed by atoms with van der Waals surface area (Å²) in [7, 11) is 0. The number of urea groups is 1. The number of carbonyl (C=O) groups excluding carboxylic acids is 2. The number of aromatic nitrogens is 3. The minimum absolute atomic E-state index is 0.301. The maximum Gasteiger partial charge on any atom is 0.319 e. The third-order valence-electron chi connectivity index (χ3n) is 5.67. The molecular formula is C26H20BrFN6O2. The molecule has 1 atom stereocenters. The van der Waals surface area contributed by atoms with E-state index >= 15 is 0 Å². The third-order valence-corrected chi connectivity index (χ3v) is 6.14. The number of rotatable bonds is 5. The molecule has 0 radical (unpaired) electrons. The van der Waals surface area contributed by atoms with Gasteiger partial charge in [0.05, 0.1) is 23.0 Å². The molecule has 2 aromatic heterocycles. The van der Waals surface area contributed by atoms with Crippen LogP contribution in [0.2, 0.25) is 0 Å². The highest BCUT2D eigenvalue weighted by molar-refractivity contribution is 9.10. The molecule has 3 amide bonds. The fourth-order valence-electron chi connectivity index (χ4n) is 4.01. The number of hydrogen-bond acceptors (Lipinski definition) is 4. The van der Waals surface area contributed by atoms with Crippen LogP contribution in [0.5, 0.6) is 0 Å². The van der Waals surface area contributed by atoms with Gasteiger partial charge in [-0.15, -0.1) is 0 Å². The summed E-state index contributed by atoms with van der Waals surface area (Å²) in [6, 6.07) is 17.5. The molecule has 2 aromatic carbocycles. The Morgan fingerprint density at radius 1 is 1.08 bits per heavy atom. The number of nitrogens with zero attached hydrogens (tertiary/aromatic N) is 3. The summed E-state index contributed by atoms with van der Waals surface area (Å²) in [5, 5.41) is 13.1. The Morgan fingerprint density at radius 2 is 1.83 bits per heavy atom. The van der Waals surface area contributed by atoms with Gasteiger partial charge in [0, 0.05) is 33.7 Å². The molecule has 8 nitrogen and oxygen atoms in total. The molecule has 0 bridgehead atoms. The lowest BCUT2D eigenvalue weighted by Gasteiger charge is -2.28. The molecule has 5 rings (SSSR count). The number of pyridine rings is 1. The lowest BCUT2D eigenvalue weighted by molar-refractivity contribution is -0.113. The highest BCUT2D eigenvalue weighted by Crippen LogP contribution is 2.35. The molecule has 10 heteroatoms. The molecule has 36 heavy (non-hydrogen) atoms. The summed E-state index contributed by atoms with van der Waals surface area (Å²) in [5.74, 6) is -0.453. The third kappa shape index (κ3) is 4.76. The van der Waals surface area contributed by atoms with Gasteiger partial charge in [-0.05, 0) is 71.4 Å². The van der Waals surface area contributed by atoms with E-state index < -0.39 is 18.0 Å². The maximum absolute atomic E-state index is 13.7. The first-order valence-corrected chi connectivity index (χ1v) is 11.8. The average Bonchev–Trinajstić information content (AvgIpc) is 3.31. The zero-order valence-electron chi connectivity index (χ0n) is 19.0. The molecule has 0 spiro atoms. The predicted molar refractivity (Wildman–Crippen MR) is 137 cm³/mol. The van der Waals surface area contributed by atoms with Crippen LogP contribution < -0.4 is 16.0 Å². The van der Waals surface area contributed by atoms with E-state index in [1.165, 1.54) is 12.1 Å². The fraction of sp³-hybridized carbons (Fsp3) is 0.0769. The number of allylic oxidation sites excluding steroid dienone is 1. The molecular weight excluding hydrogens is 527 g/mol. The molecule has 4 aromatic rings. The largest absolute Gasteiger partial charge is 0.327 e. The summed E-state index contributed by atoms with van der Waals surface area (Å²) in [4.78, 5) is 30.1. The van der Waals surface area contributed by atoms with Crippen LogP contribution in [0.3, 0.4) is 0 Å². The van der Waals surface area contributed by atoms with E-state index in [1.807, 2.05) is 30.3 Å². The Bertz CT molecular complexity index is 1470. The van der Waals surface area contributed by atoms with Crippen molar-refractivity contribution < 1.29 is 14.0 Å². The van der Waals surface area contributed by atoms with Crippen molar-refractivity contribution in [2.24, 2.45) is 0 Å². The smallest absolute Gasteiger partial charge is 0.319 e. The van der Waals surface area contributed by atoms with E-state index in [9.17, 15) is 14.0 Å². The summed E-state index contributed by atoms with van der Waals surface area (Å²) in [6.07, 6.45) is 3.34. The van der Waals surface area contributed by atoms with E-state index in [4.69, 9.17) is 5.10 Å². The zero-order chi connectivity index (χ0) is 25.2. The van der Waals surface area contributed by atoms with Gasteiger partial charge in [0.1, 0.15) is 11.6 Å². The average molecular weight is 547 g/mol. The first-order chi connectivity index (χ1) is 17.4. The van der Waals surface area contributed by atoms with Gasteiger partial charge in [-0.25, -0.2) is 18.9 Å². The monoisotopic (exact) mass is 546 g/mol. The van der Waals surface area contributed by atoms with Gasteiger partial charge in [-0.3, -0.25) is 4.79 Å². The fourth-order valence-corrected chi connectivity index (χ4v) is 4.24. The first kappa shape index (κ1) is 23.4. The number of nitrogens with one attached hydrogen (secondary N) is 3. The van der Waals surface area contributed by atoms with Gasteiger partial charge in [-0.2, -0.15) is 5.10 Å². The molecule has 1 aliphatic heterocycles. The Hall–Kier alpha value is -4.31.